The van der Waals surface area contributed by atoms with Gasteiger partial charge >= 0.3 is 6.18 Å². The second-order valence-corrected chi connectivity index (χ2v) is 4.38. The molecule has 2 N–H and O–H groups in total. The molecule has 0 amide bonds. The van der Waals surface area contributed by atoms with Gasteiger partial charge in [0.1, 0.15) is 4.88 Å². The van der Waals surface area contributed by atoms with Crippen LogP contribution in [0.25, 0.3) is 10.1 Å². The molecule has 0 aliphatic rings. The van der Waals surface area contributed by atoms with Crippen molar-refractivity contribution in [1.29, 1.82) is 0 Å². The van der Waals surface area contributed by atoms with Crippen LogP contribution in [0.2, 0.25) is 0 Å². The van der Waals surface area contributed by atoms with Crippen molar-refractivity contribution in [3.63, 3.8) is 0 Å². The molecule has 1 aromatic heterocycles. The minimum Gasteiger partial charge on any atom is -0.300 e. The molecule has 2 aromatic rings. The molecule has 0 bridgehead atoms. The van der Waals surface area contributed by atoms with Gasteiger partial charge < -0.3 is 0 Å². The highest BCUT2D eigenvalue weighted by atomic mass is 32.1. The van der Waals surface area contributed by atoms with Gasteiger partial charge in [-0.05, 0) is 29.1 Å². The Hall–Kier alpha value is -1.11. The Morgan fingerprint density at radius 2 is 2.00 bits per heavy atom. The highest BCUT2D eigenvalue weighted by molar-refractivity contribution is 7.19. The molecule has 2 rings (SSSR count). The van der Waals surface area contributed by atoms with Gasteiger partial charge in [0.25, 0.3) is 0 Å². The van der Waals surface area contributed by atoms with E-state index in [4.69, 9.17) is 5.90 Å². The zero-order valence-corrected chi connectivity index (χ0v) is 8.86. The molecular weight excluding hydrogens is 239 g/mol. The van der Waals surface area contributed by atoms with Crippen LogP contribution >= 0.6 is 11.3 Å². The van der Waals surface area contributed by atoms with Crippen LogP contribution in [0.15, 0.2) is 24.3 Å². The number of benzene rings is 1. The van der Waals surface area contributed by atoms with Crippen LogP contribution in [-0.4, -0.2) is 0 Å². The number of nitrogens with two attached hydrogens (primary N) is 1. The van der Waals surface area contributed by atoms with Gasteiger partial charge in [0, 0.05) is 4.70 Å². The summed E-state index contributed by atoms with van der Waals surface area (Å²) < 4.78 is 37.9. The molecule has 0 atom stereocenters. The van der Waals surface area contributed by atoms with Crippen molar-refractivity contribution >= 4 is 21.4 Å². The van der Waals surface area contributed by atoms with E-state index in [-0.39, 0.29) is 6.61 Å². The van der Waals surface area contributed by atoms with E-state index in [0.717, 1.165) is 23.0 Å². The first-order valence-electron chi connectivity index (χ1n) is 4.42. The predicted molar refractivity (Wildman–Crippen MR) is 55.8 cm³/mol. The van der Waals surface area contributed by atoms with Crippen LogP contribution in [0.5, 0.6) is 0 Å². The molecule has 0 radical (unpaired) electrons. The largest absolute Gasteiger partial charge is 0.425 e. The summed E-state index contributed by atoms with van der Waals surface area (Å²) in [6.45, 7) is 0.188. The number of hydrogen-bond donors (Lipinski definition) is 1. The molecular formula is C10H8F3NOS. The van der Waals surface area contributed by atoms with Crippen LogP contribution in [0.4, 0.5) is 13.2 Å². The Kier molecular flexibility index (Phi) is 2.88. The fourth-order valence-corrected chi connectivity index (χ4v) is 2.33. The van der Waals surface area contributed by atoms with Gasteiger partial charge in [-0.2, -0.15) is 13.2 Å². The van der Waals surface area contributed by atoms with Crippen molar-refractivity contribution in [1.82, 2.24) is 0 Å². The summed E-state index contributed by atoms with van der Waals surface area (Å²) in [4.78, 5) is 3.84. The van der Waals surface area contributed by atoms with Crippen molar-refractivity contribution in [3.8, 4) is 0 Å². The van der Waals surface area contributed by atoms with Crippen LogP contribution in [0, 0.1) is 0 Å². The maximum absolute atomic E-state index is 12.4. The Labute approximate surface area is 93.4 Å². The molecule has 0 aliphatic carbocycles. The van der Waals surface area contributed by atoms with E-state index in [0.29, 0.717) is 10.1 Å². The first kappa shape index (κ1) is 11.4. The third-order valence-corrected chi connectivity index (χ3v) is 3.27. The predicted octanol–water partition coefficient (Wildman–Crippen LogP) is 3.31. The summed E-state index contributed by atoms with van der Waals surface area (Å²) in [5, 5.41) is 0.562. The highest BCUT2D eigenvalue weighted by Gasteiger charge is 2.32. The van der Waals surface area contributed by atoms with Crippen molar-refractivity contribution in [3.05, 3.63) is 34.7 Å². The standard InChI is InChI=1S/C10H8F3NOS/c11-10(12,13)9-4-7-3-6(5-15-14)1-2-8(7)16-9/h1-4H,5,14H2. The van der Waals surface area contributed by atoms with Crippen molar-refractivity contribution in [2.24, 2.45) is 5.90 Å². The van der Waals surface area contributed by atoms with E-state index in [1.807, 2.05) is 0 Å². The average molecular weight is 247 g/mol. The lowest BCUT2D eigenvalue weighted by Gasteiger charge is -1.99. The van der Waals surface area contributed by atoms with Crippen LogP contribution < -0.4 is 5.90 Å². The van der Waals surface area contributed by atoms with Gasteiger partial charge in [-0.3, -0.25) is 4.84 Å². The van der Waals surface area contributed by atoms with Gasteiger partial charge in [0.2, 0.25) is 0 Å². The summed E-state index contributed by atoms with van der Waals surface area (Å²) >= 11 is 0.734. The third-order valence-electron chi connectivity index (χ3n) is 2.11. The molecule has 0 fully saturated rings. The Bertz CT molecular complexity index is 506. The van der Waals surface area contributed by atoms with E-state index in [2.05, 4.69) is 4.84 Å². The van der Waals surface area contributed by atoms with Crippen molar-refractivity contribution < 1.29 is 18.0 Å². The smallest absolute Gasteiger partial charge is 0.300 e. The topological polar surface area (TPSA) is 35.2 Å². The van der Waals surface area contributed by atoms with E-state index >= 15 is 0 Å². The molecule has 0 unspecified atom stereocenters. The van der Waals surface area contributed by atoms with Gasteiger partial charge in [-0.25, -0.2) is 5.90 Å². The molecule has 1 aromatic carbocycles. The average Bonchev–Trinajstić information content (AvgIpc) is 2.60. The van der Waals surface area contributed by atoms with Crippen LogP contribution in [0.1, 0.15) is 10.4 Å². The molecule has 6 heteroatoms. The molecule has 2 nitrogen and oxygen atoms in total. The van der Waals surface area contributed by atoms with Crippen LogP contribution in [0.3, 0.4) is 0 Å². The zero-order chi connectivity index (χ0) is 11.8. The highest BCUT2D eigenvalue weighted by Crippen LogP contribution is 2.38. The van der Waals surface area contributed by atoms with E-state index in [9.17, 15) is 13.2 Å². The fourth-order valence-electron chi connectivity index (χ4n) is 1.42. The van der Waals surface area contributed by atoms with E-state index in [1.165, 1.54) is 0 Å². The summed E-state index contributed by atoms with van der Waals surface area (Å²) in [5.41, 5.74) is 0.751. The monoisotopic (exact) mass is 247 g/mol. The quantitative estimate of drug-likeness (QED) is 0.826. The zero-order valence-electron chi connectivity index (χ0n) is 8.04. The first-order valence-corrected chi connectivity index (χ1v) is 5.24. The normalized spacial score (nSPS) is 12.2. The first-order chi connectivity index (χ1) is 7.50. The molecule has 0 saturated heterocycles. The lowest BCUT2D eigenvalue weighted by Crippen LogP contribution is -2.00. The Morgan fingerprint density at radius 3 is 2.62 bits per heavy atom. The minimum atomic E-state index is -4.28. The summed E-state index contributed by atoms with van der Waals surface area (Å²) in [6, 6.07) is 6.13. The summed E-state index contributed by atoms with van der Waals surface area (Å²) in [6.07, 6.45) is -4.28. The molecule has 86 valence electrons. The summed E-state index contributed by atoms with van der Waals surface area (Å²) in [5.74, 6) is 4.90. The van der Waals surface area contributed by atoms with Crippen molar-refractivity contribution in [2.75, 3.05) is 0 Å². The molecule has 16 heavy (non-hydrogen) atoms. The number of fused-ring (bicyclic) bond motifs is 1. The lowest BCUT2D eigenvalue weighted by atomic mass is 10.2. The SMILES string of the molecule is NOCc1ccc2sc(C(F)(F)F)cc2c1. The second kappa shape index (κ2) is 4.04. The molecule has 1 heterocycles. The van der Waals surface area contributed by atoms with Gasteiger partial charge in [-0.1, -0.05) is 6.07 Å². The van der Waals surface area contributed by atoms with Gasteiger partial charge in [0.15, 0.2) is 0 Å². The fraction of sp³-hybridized carbons (Fsp3) is 0.200. The van der Waals surface area contributed by atoms with Gasteiger partial charge in [-0.15, -0.1) is 11.3 Å². The number of halogens is 3. The maximum atomic E-state index is 12.4. The number of alkyl halides is 3. The molecule has 0 saturated carbocycles. The minimum absolute atomic E-state index is 0.188. The lowest BCUT2D eigenvalue weighted by molar-refractivity contribution is -0.134. The molecule has 0 spiro atoms. The molecule has 0 aliphatic heterocycles. The third kappa shape index (κ3) is 2.18. The van der Waals surface area contributed by atoms with Crippen molar-refractivity contribution in [2.45, 2.75) is 12.8 Å². The number of rotatable bonds is 2. The van der Waals surface area contributed by atoms with E-state index < -0.39 is 11.1 Å². The van der Waals surface area contributed by atoms with Crippen LogP contribution in [-0.2, 0) is 17.6 Å². The Morgan fingerprint density at radius 1 is 1.25 bits per heavy atom. The maximum Gasteiger partial charge on any atom is 0.425 e. The Balaban J connectivity index is 2.46. The summed E-state index contributed by atoms with van der Waals surface area (Å²) in [7, 11) is 0. The second-order valence-electron chi connectivity index (χ2n) is 3.29. The number of thiophene rings is 1. The number of hydrogen-bond acceptors (Lipinski definition) is 3. The van der Waals surface area contributed by atoms with Gasteiger partial charge in [0.05, 0.1) is 6.61 Å². The van der Waals surface area contributed by atoms with E-state index in [1.54, 1.807) is 18.2 Å².